The number of hydrogen-bond acceptors (Lipinski definition) is 2. The summed E-state index contributed by atoms with van der Waals surface area (Å²) in [6.07, 6.45) is 5.64. The average Bonchev–Trinajstić information content (AvgIpc) is 2.42. The van der Waals surface area contributed by atoms with Gasteiger partial charge in [-0.05, 0) is 32.6 Å². The summed E-state index contributed by atoms with van der Waals surface area (Å²) < 4.78 is 0. The molecule has 1 heterocycles. The highest BCUT2D eigenvalue weighted by molar-refractivity contribution is 6.30. The third-order valence-electron chi connectivity index (χ3n) is 2.76. The van der Waals surface area contributed by atoms with Gasteiger partial charge in [0.15, 0.2) is 0 Å². The van der Waals surface area contributed by atoms with Crippen LogP contribution in [0.25, 0.3) is 0 Å². The molecule has 1 unspecified atom stereocenters. The monoisotopic (exact) mass is 244 g/mol. The molecule has 2 nitrogen and oxygen atoms in total. The van der Waals surface area contributed by atoms with Crippen molar-refractivity contribution in [3.05, 3.63) is 22.2 Å². The fourth-order valence-corrected chi connectivity index (χ4v) is 2.31. The molecule has 0 fully saturated rings. The molecule has 4 heteroatoms. The van der Waals surface area contributed by atoms with Crippen LogP contribution in [-0.2, 0) is 12.8 Å². The predicted molar refractivity (Wildman–Crippen MR) is 62.6 cm³/mol. The summed E-state index contributed by atoms with van der Waals surface area (Å²) in [5.41, 5.74) is 2.24. The maximum absolute atomic E-state index is 6.15. The first-order chi connectivity index (χ1) is 7.18. The maximum atomic E-state index is 6.15. The quantitative estimate of drug-likeness (QED) is 0.428. The second-order valence-electron chi connectivity index (χ2n) is 3.97. The van der Waals surface area contributed by atoms with Gasteiger partial charge in [-0.15, -0.1) is 11.6 Å². The molecule has 1 aliphatic carbocycles. The highest BCUT2D eigenvalue weighted by Gasteiger charge is 2.17. The van der Waals surface area contributed by atoms with Gasteiger partial charge in [-0.25, -0.2) is 9.97 Å². The summed E-state index contributed by atoms with van der Waals surface area (Å²) in [4.78, 5) is 8.76. The summed E-state index contributed by atoms with van der Waals surface area (Å²) in [6.45, 7) is 1.87. The first-order valence-corrected chi connectivity index (χ1v) is 6.19. The molecule has 2 rings (SSSR count). The number of nitrogens with zero attached hydrogens (tertiary/aromatic N) is 2. The van der Waals surface area contributed by atoms with E-state index in [1.54, 1.807) is 0 Å². The van der Waals surface area contributed by atoms with Crippen LogP contribution in [0.1, 0.15) is 48.6 Å². The average molecular weight is 245 g/mol. The van der Waals surface area contributed by atoms with Crippen molar-refractivity contribution in [2.75, 3.05) is 0 Å². The van der Waals surface area contributed by atoms with Crippen molar-refractivity contribution < 1.29 is 0 Å². The van der Waals surface area contributed by atoms with Crippen LogP contribution in [0.5, 0.6) is 0 Å². The minimum Gasteiger partial charge on any atom is -0.236 e. The predicted octanol–water partition coefficient (Wildman–Crippen LogP) is 3.70. The topological polar surface area (TPSA) is 25.8 Å². The third-order valence-corrected chi connectivity index (χ3v) is 3.26. The van der Waals surface area contributed by atoms with Crippen molar-refractivity contribution in [2.45, 2.75) is 44.4 Å². The van der Waals surface area contributed by atoms with Gasteiger partial charge in [0.2, 0.25) is 0 Å². The highest BCUT2D eigenvalue weighted by Crippen LogP contribution is 2.27. The molecule has 0 aromatic carbocycles. The number of aromatic nitrogens is 2. The van der Waals surface area contributed by atoms with Crippen LogP contribution in [0, 0.1) is 0 Å². The van der Waals surface area contributed by atoms with Crippen molar-refractivity contribution in [3.63, 3.8) is 0 Å². The molecular weight excluding hydrogens is 231 g/mol. The molecule has 0 bridgehead atoms. The second kappa shape index (κ2) is 4.67. The summed E-state index contributed by atoms with van der Waals surface area (Å²) in [5.74, 6) is 0.655. The molecule has 1 atom stereocenters. The molecule has 0 N–H and O–H groups in total. The highest BCUT2D eigenvalue weighted by atomic mass is 35.5. The minimum atomic E-state index is -0.170. The van der Waals surface area contributed by atoms with E-state index in [1.807, 2.05) is 6.92 Å². The Balaban J connectivity index is 2.44. The van der Waals surface area contributed by atoms with Gasteiger partial charge in [-0.1, -0.05) is 18.0 Å². The summed E-state index contributed by atoms with van der Waals surface area (Å²) in [6, 6.07) is 0. The van der Waals surface area contributed by atoms with Crippen LogP contribution in [-0.4, -0.2) is 9.97 Å². The Morgan fingerprint density at radius 1 is 1.13 bits per heavy atom. The third kappa shape index (κ3) is 2.43. The zero-order valence-electron chi connectivity index (χ0n) is 8.76. The van der Waals surface area contributed by atoms with Gasteiger partial charge in [0.05, 0.1) is 5.38 Å². The SMILES string of the molecule is CC(Cl)c1nc(Cl)c2c(n1)CCCCC2. The van der Waals surface area contributed by atoms with Crippen molar-refractivity contribution >= 4 is 23.2 Å². The normalized spacial score (nSPS) is 18.1. The van der Waals surface area contributed by atoms with Gasteiger partial charge >= 0.3 is 0 Å². The van der Waals surface area contributed by atoms with E-state index in [0.29, 0.717) is 11.0 Å². The molecule has 1 aliphatic rings. The summed E-state index contributed by atoms with van der Waals surface area (Å²) >= 11 is 12.1. The first kappa shape index (κ1) is 11.2. The maximum Gasteiger partial charge on any atom is 0.147 e. The number of rotatable bonds is 1. The smallest absolute Gasteiger partial charge is 0.147 e. The van der Waals surface area contributed by atoms with Crippen LogP contribution in [0.2, 0.25) is 5.15 Å². The van der Waals surface area contributed by atoms with E-state index in [4.69, 9.17) is 23.2 Å². The number of fused-ring (bicyclic) bond motifs is 1. The molecule has 0 amide bonds. The number of aryl methyl sites for hydroxylation is 1. The Bertz CT molecular complexity index is 364. The summed E-state index contributed by atoms with van der Waals surface area (Å²) in [5, 5.41) is 0.431. The van der Waals surface area contributed by atoms with Gasteiger partial charge in [0.25, 0.3) is 0 Å². The largest absolute Gasteiger partial charge is 0.236 e. The second-order valence-corrected chi connectivity index (χ2v) is 4.99. The lowest BCUT2D eigenvalue weighted by atomic mass is 10.1. The molecule has 15 heavy (non-hydrogen) atoms. The molecule has 0 radical (unpaired) electrons. The zero-order valence-corrected chi connectivity index (χ0v) is 10.3. The van der Waals surface area contributed by atoms with E-state index in [1.165, 1.54) is 19.3 Å². The van der Waals surface area contributed by atoms with E-state index in [-0.39, 0.29) is 5.38 Å². The van der Waals surface area contributed by atoms with Crippen LogP contribution >= 0.6 is 23.2 Å². The van der Waals surface area contributed by atoms with Gasteiger partial charge < -0.3 is 0 Å². The fourth-order valence-electron chi connectivity index (χ4n) is 1.92. The lowest BCUT2D eigenvalue weighted by Crippen LogP contribution is -2.05. The van der Waals surface area contributed by atoms with Crippen LogP contribution < -0.4 is 0 Å². The lowest BCUT2D eigenvalue weighted by molar-refractivity contribution is 0.708. The van der Waals surface area contributed by atoms with Gasteiger partial charge in [-0.3, -0.25) is 0 Å². The van der Waals surface area contributed by atoms with Crippen molar-refractivity contribution in [1.82, 2.24) is 9.97 Å². The van der Waals surface area contributed by atoms with E-state index >= 15 is 0 Å². The Labute approximate surface area is 100 Å². The Kier molecular flexibility index (Phi) is 3.47. The van der Waals surface area contributed by atoms with Crippen molar-refractivity contribution in [1.29, 1.82) is 0 Å². The first-order valence-electron chi connectivity index (χ1n) is 5.37. The number of hydrogen-bond donors (Lipinski definition) is 0. The Hall–Kier alpha value is -0.340. The molecule has 82 valence electrons. The number of alkyl halides is 1. The Morgan fingerprint density at radius 3 is 2.60 bits per heavy atom. The molecule has 0 aliphatic heterocycles. The molecule has 1 aromatic heterocycles. The molecular formula is C11H14Cl2N2. The van der Waals surface area contributed by atoms with Crippen LogP contribution in [0.4, 0.5) is 0 Å². The molecule has 0 spiro atoms. The van der Waals surface area contributed by atoms with E-state index < -0.39 is 0 Å². The van der Waals surface area contributed by atoms with Gasteiger partial charge in [0, 0.05) is 11.3 Å². The lowest BCUT2D eigenvalue weighted by Gasteiger charge is -2.10. The van der Waals surface area contributed by atoms with Gasteiger partial charge in [-0.2, -0.15) is 0 Å². The van der Waals surface area contributed by atoms with E-state index in [0.717, 1.165) is 24.1 Å². The van der Waals surface area contributed by atoms with Crippen LogP contribution in [0.3, 0.4) is 0 Å². The van der Waals surface area contributed by atoms with E-state index in [2.05, 4.69) is 9.97 Å². The fraction of sp³-hybridized carbons (Fsp3) is 0.636. The van der Waals surface area contributed by atoms with Gasteiger partial charge in [0.1, 0.15) is 11.0 Å². The number of halogens is 2. The van der Waals surface area contributed by atoms with Crippen LogP contribution in [0.15, 0.2) is 0 Å². The minimum absolute atomic E-state index is 0.170. The molecule has 0 saturated heterocycles. The summed E-state index contributed by atoms with van der Waals surface area (Å²) in [7, 11) is 0. The zero-order chi connectivity index (χ0) is 10.8. The molecule has 0 saturated carbocycles. The van der Waals surface area contributed by atoms with E-state index in [9.17, 15) is 0 Å². The Morgan fingerprint density at radius 2 is 1.87 bits per heavy atom. The molecule has 1 aromatic rings. The van der Waals surface area contributed by atoms with Crippen molar-refractivity contribution in [2.24, 2.45) is 0 Å². The van der Waals surface area contributed by atoms with Crippen molar-refractivity contribution in [3.8, 4) is 0 Å². The standard InChI is InChI=1S/C11H14Cl2N2/c1-7(12)11-14-9-6-4-2-3-5-8(9)10(13)15-11/h7H,2-6H2,1H3.